The summed E-state index contributed by atoms with van der Waals surface area (Å²) in [6, 6.07) is 13.7. The molecule has 184 valence electrons. The van der Waals surface area contributed by atoms with Gasteiger partial charge in [0.2, 0.25) is 0 Å². The third-order valence-corrected chi connectivity index (χ3v) is 7.53. The van der Waals surface area contributed by atoms with E-state index in [9.17, 15) is 4.79 Å². The minimum absolute atomic E-state index is 0.399. The van der Waals surface area contributed by atoms with Crippen molar-refractivity contribution in [1.82, 2.24) is 14.4 Å². The second kappa shape index (κ2) is 9.10. The van der Waals surface area contributed by atoms with Crippen LogP contribution in [0.25, 0.3) is 10.8 Å². The van der Waals surface area contributed by atoms with Crippen molar-refractivity contribution in [1.29, 1.82) is 0 Å². The van der Waals surface area contributed by atoms with Gasteiger partial charge in [0.1, 0.15) is 5.75 Å². The molecule has 0 saturated carbocycles. The predicted molar refractivity (Wildman–Crippen MR) is 138 cm³/mol. The first-order valence-electron chi connectivity index (χ1n) is 12.3. The number of benzene rings is 2. The van der Waals surface area contributed by atoms with Gasteiger partial charge in [0, 0.05) is 50.5 Å². The fourth-order valence-corrected chi connectivity index (χ4v) is 4.48. The topological polar surface area (TPSA) is 56.2 Å². The lowest BCUT2D eigenvalue weighted by Crippen LogP contribution is -2.43. The van der Waals surface area contributed by atoms with E-state index in [1.807, 2.05) is 52.2 Å². The number of hydrogen-bond donors (Lipinski definition) is 0. The molecule has 8 heteroatoms. The van der Waals surface area contributed by atoms with E-state index in [1.54, 1.807) is 12.1 Å². The Hall–Kier alpha value is -2.65. The highest BCUT2D eigenvalue weighted by Crippen LogP contribution is 2.36. The van der Waals surface area contributed by atoms with Gasteiger partial charge >= 0.3 is 13.2 Å². The van der Waals surface area contributed by atoms with Crippen molar-refractivity contribution >= 4 is 29.4 Å². The van der Waals surface area contributed by atoms with Crippen molar-refractivity contribution in [3.05, 3.63) is 60.4 Å². The van der Waals surface area contributed by atoms with Crippen LogP contribution in [0.5, 0.6) is 5.75 Å². The summed E-state index contributed by atoms with van der Waals surface area (Å²) in [4.78, 5) is 17.6. The molecule has 0 amide bonds. The average molecular weight is 475 g/mol. The number of fused-ring (bicyclic) bond motifs is 1. The van der Waals surface area contributed by atoms with Crippen molar-refractivity contribution < 1.29 is 18.8 Å². The van der Waals surface area contributed by atoms with Crippen molar-refractivity contribution in [3.8, 4) is 5.75 Å². The Kier molecular flexibility index (Phi) is 6.26. The van der Waals surface area contributed by atoms with E-state index >= 15 is 0 Å². The molecule has 0 spiro atoms. The quantitative estimate of drug-likeness (QED) is 0.536. The second-order valence-electron chi connectivity index (χ2n) is 10.7. The zero-order valence-electron chi connectivity index (χ0n) is 21.3. The van der Waals surface area contributed by atoms with Crippen LogP contribution in [0, 0.1) is 0 Å². The summed E-state index contributed by atoms with van der Waals surface area (Å²) < 4.78 is 19.3. The molecule has 35 heavy (non-hydrogen) atoms. The lowest BCUT2D eigenvalue weighted by molar-refractivity contribution is 0.00578. The molecular formula is C27H34BN3O4. The van der Waals surface area contributed by atoms with Crippen molar-refractivity contribution in [3.63, 3.8) is 0 Å². The number of piperazine rings is 1. The number of rotatable bonds is 4. The molecular weight excluding hydrogens is 441 g/mol. The summed E-state index contributed by atoms with van der Waals surface area (Å²) in [6.07, 6.45) is 3.21. The number of hydrogen-bond acceptors (Lipinski definition) is 6. The fraction of sp³-hybridized carbons (Fsp3) is 0.444. The first-order chi connectivity index (χ1) is 16.6. The monoisotopic (exact) mass is 475 g/mol. The maximum absolute atomic E-state index is 12.8. The van der Waals surface area contributed by atoms with Crippen LogP contribution in [-0.4, -0.2) is 72.0 Å². The maximum Gasteiger partial charge on any atom is 0.494 e. The SMILES string of the molecule is CN1CCN(Cc2ccc3cn(C(=O)Oc4ccc(B5OC(C)(C)C(C)(C)O5)cc4)cc3c2)CC1. The van der Waals surface area contributed by atoms with Gasteiger partial charge in [-0.25, -0.2) is 4.79 Å². The van der Waals surface area contributed by atoms with E-state index < -0.39 is 24.4 Å². The van der Waals surface area contributed by atoms with Crippen molar-refractivity contribution in [2.75, 3.05) is 33.2 Å². The van der Waals surface area contributed by atoms with Gasteiger partial charge in [-0.15, -0.1) is 0 Å². The largest absolute Gasteiger partial charge is 0.494 e. The molecule has 2 saturated heterocycles. The molecule has 7 nitrogen and oxygen atoms in total. The molecule has 2 aliphatic heterocycles. The highest BCUT2D eigenvalue weighted by molar-refractivity contribution is 6.62. The number of nitrogens with zero attached hydrogens (tertiary/aromatic N) is 3. The molecule has 0 unspecified atom stereocenters. The minimum Gasteiger partial charge on any atom is -0.410 e. The van der Waals surface area contributed by atoms with Crippen LogP contribution >= 0.6 is 0 Å². The molecule has 2 aliphatic rings. The lowest BCUT2D eigenvalue weighted by atomic mass is 9.79. The van der Waals surface area contributed by atoms with Gasteiger partial charge in [0.25, 0.3) is 0 Å². The van der Waals surface area contributed by atoms with E-state index in [0.717, 1.165) is 49.0 Å². The molecule has 0 radical (unpaired) electrons. The second-order valence-corrected chi connectivity index (χ2v) is 10.7. The van der Waals surface area contributed by atoms with Gasteiger partial charge in [0.05, 0.1) is 11.2 Å². The number of carbonyl (C=O) groups excluding carboxylic acids is 1. The Morgan fingerprint density at radius 3 is 2.20 bits per heavy atom. The Morgan fingerprint density at radius 2 is 1.54 bits per heavy atom. The standard InChI is InChI=1S/C27H34BN3O4/c1-26(2)27(3,4)35-28(34-26)23-8-10-24(11-9-23)33-25(32)31-18-21-7-6-20(16-22(21)19-31)17-30-14-12-29(5)13-15-30/h6-11,16,18-19H,12-15,17H2,1-5H3. The lowest BCUT2D eigenvalue weighted by Gasteiger charge is -2.32. The Labute approximate surface area is 207 Å². The molecule has 3 heterocycles. The van der Waals surface area contributed by atoms with Gasteiger partial charge < -0.3 is 18.9 Å². The fourth-order valence-electron chi connectivity index (χ4n) is 4.48. The van der Waals surface area contributed by atoms with Crippen LogP contribution < -0.4 is 10.2 Å². The summed E-state index contributed by atoms with van der Waals surface area (Å²) in [7, 11) is 1.72. The Morgan fingerprint density at radius 1 is 0.914 bits per heavy atom. The van der Waals surface area contributed by atoms with Gasteiger partial charge in [-0.3, -0.25) is 9.47 Å². The van der Waals surface area contributed by atoms with Crippen molar-refractivity contribution in [2.45, 2.75) is 45.4 Å². The average Bonchev–Trinajstić information content (AvgIpc) is 3.33. The third-order valence-electron chi connectivity index (χ3n) is 7.53. The zero-order valence-corrected chi connectivity index (χ0v) is 21.3. The summed E-state index contributed by atoms with van der Waals surface area (Å²) in [5.74, 6) is 0.476. The minimum atomic E-state index is -0.445. The number of likely N-dealkylation sites (N-methyl/N-ethyl adjacent to an activating group) is 1. The van der Waals surface area contributed by atoms with Gasteiger partial charge in [-0.05, 0) is 69.4 Å². The van der Waals surface area contributed by atoms with Crippen LogP contribution in [0.15, 0.2) is 54.9 Å². The van der Waals surface area contributed by atoms with E-state index in [1.165, 1.54) is 10.1 Å². The molecule has 3 aromatic rings. The normalized spacial score (nSPS) is 20.4. The number of aromatic nitrogens is 1. The van der Waals surface area contributed by atoms with Gasteiger partial charge in [-0.2, -0.15) is 0 Å². The van der Waals surface area contributed by atoms with E-state index in [2.05, 4.69) is 35.0 Å². The van der Waals surface area contributed by atoms with Crippen LogP contribution in [0.3, 0.4) is 0 Å². The molecule has 0 atom stereocenters. The summed E-state index contributed by atoms with van der Waals surface area (Å²) in [5.41, 5.74) is 1.35. The van der Waals surface area contributed by atoms with E-state index in [4.69, 9.17) is 14.0 Å². The highest BCUT2D eigenvalue weighted by Gasteiger charge is 2.51. The van der Waals surface area contributed by atoms with Crippen molar-refractivity contribution in [2.24, 2.45) is 0 Å². The van der Waals surface area contributed by atoms with Gasteiger partial charge in [0.15, 0.2) is 0 Å². The Balaban J connectivity index is 1.23. The third kappa shape index (κ3) is 5.02. The summed E-state index contributed by atoms with van der Waals surface area (Å²) in [5, 5.41) is 2.05. The Bertz CT molecular complexity index is 1200. The molecule has 1 aromatic heterocycles. The first-order valence-corrected chi connectivity index (χ1v) is 12.3. The van der Waals surface area contributed by atoms with Crippen LogP contribution in [0.2, 0.25) is 0 Å². The van der Waals surface area contributed by atoms with Crippen LogP contribution in [-0.2, 0) is 15.9 Å². The van der Waals surface area contributed by atoms with Crippen LogP contribution in [0.4, 0.5) is 4.79 Å². The maximum atomic E-state index is 12.8. The molecule has 0 N–H and O–H groups in total. The first kappa shape index (κ1) is 24.1. The molecule has 2 fully saturated rings. The zero-order chi connectivity index (χ0) is 24.8. The van der Waals surface area contributed by atoms with Crippen LogP contribution in [0.1, 0.15) is 33.3 Å². The molecule has 0 bridgehead atoms. The summed E-state index contributed by atoms with van der Waals surface area (Å²) in [6.45, 7) is 13.4. The van der Waals surface area contributed by atoms with E-state index in [0.29, 0.717) is 5.75 Å². The van der Waals surface area contributed by atoms with Gasteiger partial charge in [-0.1, -0.05) is 24.3 Å². The number of ether oxygens (including phenoxy) is 1. The highest BCUT2D eigenvalue weighted by atomic mass is 16.7. The molecule has 0 aliphatic carbocycles. The molecule has 5 rings (SSSR count). The number of carbonyl (C=O) groups is 1. The molecule has 2 aromatic carbocycles. The summed E-state index contributed by atoms with van der Waals surface area (Å²) >= 11 is 0. The predicted octanol–water partition coefficient (Wildman–Crippen LogP) is 3.74. The van der Waals surface area contributed by atoms with E-state index in [-0.39, 0.29) is 0 Å². The smallest absolute Gasteiger partial charge is 0.410 e.